The fourth-order valence-electron chi connectivity index (χ4n) is 3.72. The van der Waals surface area contributed by atoms with Crippen LogP contribution in [0.1, 0.15) is 21.5 Å². The molecule has 10 heteroatoms. The van der Waals surface area contributed by atoms with E-state index in [0.717, 1.165) is 11.1 Å². The first-order chi connectivity index (χ1) is 14.7. The topological polar surface area (TPSA) is 117 Å². The van der Waals surface area contributed by atoms with Crippen LogP contribution in [-0.2, 0) is 10.0 Å². The van der Waals surface area contributed by atoms with Crippen LogP contribution >= 0.6 is 0 Å². The van der Waals surface area contributed by atoms with Gasteiger partial charge in [-0.05, 0) is 43.2 Å². The molecule has 3 aromatic rings. The van der Waals surface area contributed by atoms with Crippen molar-refractivity contribution in [2.75, 3.05) is 26.2 Å². The Morgan fingerprint density at radius 1 is 1.03 bits per heavy atom. The second kappa shape index (κ2) is 7.78. The minimum absolute atomic E-state index is 0.0922. The number of amides is 1. The van der Waals surface area contributed by atoms with Gasteiger partial charge in [0.15, 0.2) is 0 Å². The van der Waals surface area contributed by atoms with E-state index in [9.17, 15) is 23.3 Å². The normalized spacial score (nSPS) is 15.4. The maximum absolute atomic E-state index is 13.0. The van der Waals surface area contributed by atoms with E-state index < -0.39 is 14.9 Å². The SMILES string of the molecule is Cc1ccc(S(=O)(=O)N2CCN(C(=O)c3c[nH]c4ccc([N+](=O)[O-])cc34)CC2)cc1C. The van der Waals surface area contributed by atoms with Crippen molar-refractivity contribution in [1.29, 1.82) is 0 Å². The lowest BCUT2D eigenvalue weighted by Gasteiger charge is -2.34. The van der Waals surface area contributed by atoms with Gasteiger partial charge in [0.05, 0.1) is 15.4 Å². The number of nitrogens with zero attached hydrogens (tertiary/aromatic N) is 3. The highest BCUT2D eigenvalue weighted by Gasteiger charge is 2.31. The predicted molar refractivity (Wildman–Crippen MR) is 116 cm³/mol. The lowest BCUT2D eigenvalue weighted by Crippen LogP contribution is -2.50. The number of nitrogens with one attached hydrogen (secondary N) is 1. The second-order valence-electron chi connectivity index (χ2n) is 7.63. The molecule has 1 aromatic heterocycles. The Bertz CT molecular complexity index is 1290. The molecular formula is C21H22N4O5S. The molecule has 1 aliphatic rings. The molecule has 4 rings (SSSR count). The number of aromatic nitrogens is 1. The van der Waals surface area contributed by atoms with E-state index in [1.165, 1.54) is 22.6 Å². The molecule has 2 aromatic carbocycles. The molecular weight excluding hydrogens is 420 g/mol. The van der Waals surface area contributed by atoms with Gasteiger partial charge in [0.1, 0.15) is 0 Å². The van der Waals surface area contributed by atoms with Gasteiger partial charge in [-0.15, -0.1) is 0 Å². The van der Waals surface area contributed by atoms with Gasteiger partial charge in [-0.3, -0.25) is 14.9 Å². The van der Waals surface area contributed by atoms with Gasteiger partial charge < -0.3 is 9.88 Å². The molecule has 0 spiro atoms. The highest BCUT2D eigenvalue weighted by Crippen LogP contribution is 2.26. The number of hydrogen-bond donors (Lipinski definition) is 1. The first-order valence-electron chi connectivity index (χ1n) is 9.80. The van der Waals surface area contributed by atoms with Crippen LogP contribution < -0.4 is 0 Å². The molecule has 1 aliphatic heterocycles. The van der Waals surface area contributed by atoms with E-state index in [-0.39, 0.29) is 42.7 Å². The number of sulfonamides is 1. The summed E-state index contributed by atoms with van der Waals surface area (Å²) >= 11 is 0. The minimum Gasteiger partial charge on any atom is -0.360 e. The summed E-state index contributed by atoms with van der Waals surface area (Å²) in [7, 11) is -3.64. The highest BCUT2D eigenvalue weighted by atomic mass is 32.2. The summed E-state index contributed by atoms with van der Waals surface area (Å²) in [5, 5.41) is 11.5. The van der Waals surface area contributed by atoms with Gasteiger partial charge in [-0.1, -0.05) is 6.07 Å². The molecule has 1 fully saturated rings. The van der Waals surface area contributed by atoms with Crippen molar-refractivity contribution in [3.63, 3.8) is 0 Å². The number of nitro benzene ring substituents is 1. The number of hydrogen-bond acceptors (Lipinski definition) is 5. The summed E-state index contributed by atoms with van der Waals surface area (Å²) in [4.78, 5) is 28.4. The van der Waals surface area contributed by atoms with E-state index in [2.05, 4.69) is 4.98 Å². The summed E-state index contributed by atoms with van der Waals surface area (Å²) in [6, 6.07) is 9.38. The third-order valence-electron chi connectivity index (χ3n) is 5.75. The number of benzene rings is 2. The fourth-order valence-corrected chi connectivity index (χ4v) is 5.23. The zero-order chi connectivity index (χ0) is 22.3. The van der Waals surface area contributed by atoms with Crippen molar-refractivity contribution in [1.82, 2.24) is 14.2 Å². The molecule has 162 valence electrons. The van der Waals surface area contributed by atoms with Crippen LogP contribution in [0, 0.1) is 24.0 Å². The summed E-state index contributed by atoms with van der Waals surface area (Å²) < 4.78 is 27.4. The van der Waals surface area contributed by atoms with Gasteiger partial charge in [0, 0.05) is 55.4 Å². The number of fused-ring (bicyclic) bond motifs is 1. The van der Waals surface area contributed by atoms with Crippen molar-refractivity contribution in [3.05, 3.63) is 69.4 Å². The smallest absolute Gasteiger partial charge is 0.270 e. The van der Waals surface area contributed by atoms with Crippen LogP contribution in [0.25, 0.3) is 10.9 Å². The van der Waals surface area contributed by atoms with E-state index in [0.29, 0.717) is 16.5 Å². The molecule has 1 amide bonds. The Balaban J connectivity index is 1.52. The molecule has 1 saturated heterocycles. The van der Waals surface area contributed by atoms with E-state index in [1.807, 2.05) is 13.8 Å². The van der Waals surface area contributed by atoms with Gasteiger partial charge in [-0.25, -0.2) is 8.42 Å². The van der Waals surface area contributed by atoms with Gasteiger partial charge in [0.25, 0.3) is 11.6 Å². The maximum atomic E-state index is 13.0. The zero-order valence-corrected chi connectivity index (χ0v) is 18.0. The van der Waals surface area contributed by atoms with Crippen LogP contribution in [0.2, 0.25) is 0 Å². The van der Waals surface area contributed by atoms with Gasteiger partial charge >= 0.3 is 0 Å². The standard InChI is InChI=1S/C21H22N4O5S/c1-14-3-5-17(11-15(14)2)31(29,30)24-9-7-23(8-10-24)21(26)19-13-22-20-6-4-16(25(27)28)12-18(19)20/h3-6,11-13,22H,7-10H2,1-2H3. The minimum atomic E-state index is -3.64. The third kappa shape index (κ3) is 3.79. The molecule has 2 heterocycles. The molecule has 9 nitrogen and oxygen atoms in total. The Kier molecular flexibility index (Phi) is 5.28. The summed E-state index contributed by atoms with van der Waals surface area (Å²) in [5.41, 5.74) is 2.80. The summed E-state index contributed by atoms with van der Waals surface area (Å²) in [6.45, 7) is 4.65. The first-order valence-corrected chi connectivity index (χ1v) is 11.2. The number of carbonyl (C=O) groups is 1. The number of piperazine rings is 1. The first kappa shape index (κ1) is 21.0. The van der Waals surface area contributed by atoms with Crippen molar-refractivity contribution in [2.24, 2.45) is 0 Å². The van der Waals surface area contributed by atoms with Crippen LogP contribution in [0.5, 0.6) is 0 Å². The number of aromatic amines is 1. The Labute approximate surface area is 179 Å². The monoisotopic (exact) mass is 442 g/mol. The average Bonchev–Trinajstić information content (AvgIpc) is 3.18. The Morgan fingerprint density at radius 3 is 2.39 bits per heavy atom. The van der Waals surface area contributed by atoms with Gasteiger partial charge in [-0.2, -0.15) is 4.31 Å². The summed E-state index contributed by atoms with van der Waals surface area (Å²) in [6.07, 6.45) is 1.54. The van der Waals surface area contributed by atoms with Crippen LogP contribution in [0.15, 0.2) is 47.5 Å². The van der Waals surface area contributed by atoms with E-state index in [4.69, 9.17) is 0 Å². The molecule has 0 bridgehead atoms. The Morgan fingerprint density at radius 2 is 1.74 bits per heavy atom. The Hall–Kier alpha value is -3.24. The number of non-ortho nitro benzene ring substituents is 1. The van der Waals surface area contributed by atoms with Crippen molar-refractivity contribution < 1.29 is 18.1 Å². The van der Waals surface area contributed by atoms with Crippen LogP contribution in [0.3, 0.4) is 0 Å². The molecule has 31 heavy (non-hydrogen) atoms. The third-order valence-corrected chi connectivity index (χ3v) is 7.64. The van der Waals surface area contributed by atoms with Crippen molar-refractivity contribution >= 4 is 32.5 Å². The van der Waals surface area contributed by atoms with Crippen molar-refractivity contribution in [2.45, 2.75) is 18.7 Å². The molecule has 0 atom stereocenters. The van der Waals surface area contributed by atoms with E-state index >= 15 is 0 Å². The average molecular weight is 442 g/mol. The number of carbonyl (C=O) groups excluding carboxylic acids is 1. The molecule has 0 radical (unpaired) electrons. The lowest BCUT2D eigenvalue weighted by atomic mass is 10.1. The summed E-state index contributed by atoms with van der Waals surface area (Å²) in [5.74, 6) is -0.282. The lowest BCUT2D eigenvalue weighted by molar-refractivity contribution is -0.384. The maximum Gasteiger partial charge on any atom is 0.270 e. The second-order valence-corrected chi connectivity index (χ2v) is 9.57. The van der Waals surface area contributed by atoms with Crippen molar-refractivity contribution in [3.8, 4) is 0 Å². The van der Waals surface area contributed by atoms with E-state index in [1.54, 1.807) is 29.2 Å². The zero-order valence-electron chi connectivity index (χ0n) is 17.2. The largest absolute Gasteiger partial charge is 0.360 e. The molecule has 0 aliphatic carbocycles. The number of H-pyrrole nitrogens is 1. The number of aryl methyl sites for hydroxylation is 2. The molecule has 0 unspecified atom stereocenters. The predicted octanol–water partition coefficient (Wildman–Crippen LogP) is 2.84. The fraction of sp³-hybridized carbons (Fsp3) is 0.286. The highest BCUT2D eigenvalue weighted by molar-refractivity contribution is 7.89. The van der Waals surface area contributed by atoms with Crippen LogP contribution in [-0.4, -0.2) is 59.6 Å². The van der Waals surface area contributed by atoms with Crippen LogP contribution in [0.4, 0.5) is 5.69 Å². The van der Waals surface area contributed by atoms with Gasteiger partial charge in [0.2, 0.25) is 10.0 Å². The number of rotatable bonds is 4. The number of nitro groups is 1. The molecule has 1 N–H and O–H groups in total. The molecule has 0 saturated carbocycles. The quantitative estimate of drug-likeness (QED) is 0.493.